The van der Waals surface area contributed by atoms with E-state index in [0.29, 0.717) is 0 Å². The highest BCUT2D eigenvalue weighted by molar-refractivity contribution is 6.16. The highest BCUT2D eigenvalue weighted by atomic mass is 16.8. The highest BCUT2D eigenvalue weighted by Crippen LogP contribution is 2.47. The van der Waals surface area contributed by atoms with E-state index in [1.807, 2.05) is 18.2 Å². The molecule has 9 nitrogen and oxygen atoms in total. The number of fused-ring (bicyclic) bond motifs is 3. The van der Waals surface area contributed by atoms with Crippen LogP contribution in [0, 0.1) is 0 Å². The Kier molecular flexibility index (Phi) is 4.49. The van der Waals surface area contributed by atoms with Crippen molar-refractivity contribution in [3.63, 3.8) is 0 Å². The molecule has 1 aromatic carbocycles. The van der Waals surface area contributed by atoms with E-state index in [0.717, 1.165) is 12.7 Å². The third kappa shape index (κ3) is 2.75. The molecule has 0 aromatic heterocycles. The second kappa shape index (κ2) is 6.70. The average Bonchev–Trinajstić information content (AvgIpc) is 2.98. The van der Waals surface area contributed by atoms with Crippen LogP contribution in [0.25, 0.3) is 0 Å². The summed E-state index contributed by atoms with van der Waals surface area (Å²) in [5.41, 5.74) is 0.0879. The molecule has 0 aliphatic carbocycles. The quantitative estimate of drug-likeness (QED) is 0.582. The fourth-order valence-electron chi connectivity index (χ4n) is 3.50. The van der Waals surface area contributed by atoms with E-state index >= 15 is 0 Å². The van der Waals surface area contributed by atoms with Crippen molar-refractivity contribution in [1.29, 1.82) is 0 Å². The number of methoxy groups -OCH3 is 2. The SMILES string of the molecule is COC(=O)C1=C2[C@@H](OC)O[C@@H]3CO[C@@H](c4ccccc4)O[C@H]3[C@]2(O)OC1=O. The van der Waals surface area contributed by atoms with Gasteiger partial charge in [0.1, 0.15) is 6.10 Å². The number of aliphatic hydroxyl groups is 1. The normalized spacial score (nSPS) is 35.3. The summed E-state index contributed by atoms with van der Waals surface area (Å²) in [7, 11) is 2.43. The number of benzene rings is 1. The second-order valence-corrected chi connectivity index (χ2v) is 6.24. The number of ether oxygens (including phenoxy) is 6. The summed E-state index contributed by atoms with van der Waals surface area (Å²) in [5, 5.41) is 11.2. The zero-order chi connectivity index (χ0) is 19.2. The van der Waals surface area contributed by atoms with Gasteiger partial charge in [-0.05, 0) is 0 Å². The fraction of sp³-hybridized carbons (Fsp3) is 0.444. The van der Waals surface area contributed by atoms with Crippen molar-refractivity contribution in [2.24, 2.45) is 0 Å². The maximum atomic E-state index is 12.3. The summed E-state index contributed by atoms with van der Waals surface area (Å²) in [6, 6.07) is 9.08. The first-order valence-corrected chi connectivity index (χ1v) is 8.28. The smallest absolute Gasteiger partial charge is 0.348 e. The van der Waals surface area contributed by atoms with Crippen molar-refractivity contribution in [3.8, 4) is 0 Å². The van der Waals surface area contributed by atoms with Gasteiger partial charge in [0, 0.05) is 12.7 Å². The van der Waals surface area contributed by atoms with Gasteiger partial charge in [0.2, 0.25) is 0 Å². The molecule has 0 amide bonds. The van der Waals surface area contributed by atoms with Gasteiger partial charge in [0.05, 0.1) is 19.3 Å². The molecule has 0 saturated carbocycles. The molecule has 1 aromatic rings. The van der Waals surface area contributed by atoms with Crippen molar-refractivity contribution in [2.75, 3.05) is 20.8 Å². The van der Waals surface area contributed by atoms with Gasteiger partial charge in [-0.2, -0.15) is 0 Å². The fourth-order valence-corrected chi connectivity index (χ4v) is 3.50. The Morgan fingerprint density at radius 3 is 2.63 bits per heavy atom. The van der Waals surface area contributed by atoms with Crippen LogP contribution in [0.3, 0.4) is 0 Å². The topological polar surface area (TPSA) is 110 Å². The van der Waals surface area contributed by atoms with Crippen LogP contribution in [0.15, 0.2) is 41.5 Å². The molecular weight excluding hydrogens is 360 g/mol. The molecule has 4 rings (SSSR count). The largest absolute Gasteiger partial charge is 0.465 e. The summed E-state index contributed by atoms with van der Waals surface area (Å²) in [4.78, 5) is 24.4. The summed E-state index contributed by atoms with van der Waals surface area (Å²) < 4.78 is 32.3. The summed E-state index contributed by atoms with van der Waals surface area (Å²) in [6.45, 7) is 0.0603. The number of hydrogen-bond donors (Lipinski definition) is 1. The molecule has 3 aliphatic rings. The molecule has 0 spiro atoms. The minimum atomic E-state index is -2.24. The summed E-state index contributed by atoms with van der Waals surface area (Å²) in [6.07, 6.45) is -3.91. The monoisotopic (exact) mass is 378 g/mol. The maximum Gasteiger partial charge on any atom is 0.348 e. The number of carbonyl (C=O) groups is 2. The van der Waals surface area contributed by atoms with Crippen LogP contribution in [-0.2, 0) is 38.0 Å². The highest BCUT2D eigenvalue weighted by Gasteiger charge is 2.65. The zero-order valence-corrected chi connectivity index (χ0v) is 14.6. The zero-order valence-electron chi connectivity index (χ0n) is 14.6. The lowest BCUT2D eigenvalue weighted by Crippen LogP contribution is -2.63. The molecule has 9 heteroatoms. The Morgan fingerprint density at radius 2 is 1.96 bits per heavy atom. The minimum absolute atomic E-state index is 0.0603. The number of carbonyl (C=O) groups excluding carboxylic acids is 2. The van der Waals surface area contributed by atoms with Crippen molar-refractivity contribution in [2.45, 2.75) is 30.6 Å². The van der Waals surface area contributed by atoms with Gasteiger partial charge in [-0.1, -0.05) is 30.3 Å². The van der Waals surface area contributed by atoms with Crippen LogP contribution < -0.4 is 0 Å². The van der Waals surface area contributed by atoms with E-state index < -0.39 is 48.1 Å². The third-order valence-electron chi connectivity index (χ3n) is 4.72. The lowest BCUT2D eigenvalue weighted by atomic mass is 9.90. The molecule has 3 aliphatic heterocycles. The van der Waals surface area contributed by atoms with Crippen LogP contribution in [0.1, 0.15) is 11.9 Å². The van der Waals surface area contributed by atoms with E-state index in [9.17, 15) is 14.7 Å². The van der Waals surface area contributed by atoms with E-state index in [2.05, 4.69) is 4.74 Å². The van der Waals surface area contributed by atoms with E-state index in [4.69, 9.17) is 23.7 Å². The van der Waals surface area contributed by atoms with Gasteiger partial charge < -0.3 is 33.5 Å². The van der Waals surface area contributed by atoms with E-state index in [1.165, 1.54) is 7.11 Å². The Labute approximate surface area is 154 Å². The van der Waals surface area contributed by atoms with Gasteiger partial charge in [-0.25, -0.2) is 9.59 Å². The Hall–Kier alpha value is -2.30. The van der Waals surface area contributed by atoms with Crippen LogP contribution in [0.5, 0.6) is 0 Å². The van der Waals surface area contributed by atoms with Gasteiger partial charge in [0.15, 0.2) is 24.3 Å². The van der Waals surface area contributed by atoms with Crippen molar-refractivity contribution in [1.82, 2.24) is 0 Å². The number of esters is 2. The number of rotatable bonds is 3. The van der Waals surface area contributed by atoms with Crippen LogP contribution in [0.2, 0.25) is 0 Å². The van der Waals surface area contributed by atoms with E-state index in [1.54, 1.807) is 12.1 Å². The first-order valence-electron chi connectivity index (χ1n) is 8.28. The minimum Gasteiger partial charge on any atom is -0.465 e. The average molecular weight is 378 g/mol. The van der Waals surface area contributed by atoms with Crippen molar-refractivity contribution in [3.05, 3.63) is 47.0 Å². The molecule has 27 heavy (non-hydrogen) atoms. The molecule has 2 fully saturated rings. The maximum absolute atomic E-state index is 12.3. The first-order chi connectivity index (χ1) is 13.0. The molecule has 1 N–H and O–H groups in total. The Morgan fingerprint density at radius 1 is 1.22 bits per heavy atom. The molecule has 0 bridgehead atoms. The van der Waals surface area contributed by atoms with Crippen LogP contribution >= 0.6 is 0 Å². The lowest BCUT2D eigenvalue weighted by molar-refractivity contribution is -0.369. The molecule has 2 saturated heterocycles. The lowest BCUT2D eigenvalue weighted by Gasteiger charge is -2.48. The Bertz CT molecular complexity index is 789. The van der Waals surface area contributed by atoms with Gasteiger partial charge >= 0.3 is 11.9 Å². The standard InChI is InChI=1S/C18H18O9/c1-22-14(19)11-12-17(23-2)25-10-8-24-16(9-6-4-3-5-7-9)26-13(10)18(12,21)27-15(11)20/h3-7,10,13,16-17,21H,8H2,1-2H3/t10-,13-,16-,17+,18-/m1/s1. The van der Waals surface area contributed by atoms with Crippen molar-refractivity contribution >= 4 is 11.9 Å². The number of hydrogen-bond acceptors (Lipinski definition) is 9. The molecule has 0 unspecified atom stereocenters. The predicted molar refractivity (Wildman–Crippen MR) is 85.8 cm³/mol. The van der Waals surface area contributed by atoms with Gasteiger partial charge in [-0.3, -0.25) is 0 Å². The predicted octanol–water partition coefficient (Wildman–Crippen LogP) is 0.187. The van der Waals surface area contributed by atoms with Gasteiger partial charge in [0.25, 0.3) is 5.79 Å². The molecule has 3 heterocycles. The summed E-state index contributed by atoms with van der Waals surface area (Å²) in [5.74, 6) is -4.22. The first kappa shape index (κ1) is 18.1. The molecule has 5 atom stereocenters. The van der Waals surface area contributed by atoms with E-state index in [-0.39, 0.29) is 12.2 Å². The second-order valence-electron chi connectivity index (χ2n) is 6.24. The van der Waals surface area contributed by atoms with Crippen molar-refractivity contribution < 1.29 is 43.1 Å². The summed E-state index contributed by atoms with van der Waals surface area (Å²) >= 11 is 0. The van der Waals surface area contributed by atoms with Crippen LogP contribution in [-0.4, -0.2) is 62.2 Å². The molecule has 0 radical (unpaired) electrons. The van der Waals surface area contributed by atoms with Crippen LogP contribution in [0.4, 0.5) is 0 Å². The van der Waals surface area contributed by atoms with Gasteiger partial charge in [-0.15, -0.1) is 0 Å². The molecular formula is C18H18O9. The molecule has 144 valence electrons. The Balaban J connectivity index is 1.73. The third-order valence-corrected chi connectivity index (χ3v) is 4.72.